The van der Waals surface area contributed by atoms with Crippen LogP contribution in [0.5, 0.6) is 0 Å². The van der Waals surface area contributed by atoms with Crippen molar-refractivity contribution in [2.45, 2.75) is 6.54 Å². The highest BCUT2D eigenvalue weighted by molar-refractivity contribution is 14.1. The Labute approximate surface area is 139 Å². The van der Waals surface area contributed by atoms with Gasteiger partial charge in [0.15, 0.2) is 0 Å². The summed E-state index contributed by atoms with van der Waals surface area (Å²) in [4.78, 5) is 36.3. The van der Waals surface area contributed by atoms with E-state index >= 15 is 0 Å². The van der Waals surface area contributed by atoms with E-state index in [1.807, 2.05) is 22.6 Å². The van der Waals surface area contributed by atoms with Crippen molar-refractivity contribution in [3.05, 3.63) is 72.8 Å². The molecule has 0 spiro atoms. The number of rotatable bonds is 3. The fourth-order valence-corrected chi connectivity index (χ4v) is 2.87. The molecule has 1 aliphatic rings. The number of nitrogens with zero attached hydrogens (tertiary/aromatic N) is 2. The predicted octanol–water partition coefficient (Wildman–Crippen LogP) is 3.00. The first-order valence-electron chi connectivity index (χ1n) is 6.37. The molecule has 22 heavy (non-hydrogen) atoms. The molecule has 0 unspecified atom stereocenters. The maximum atomic E-state index is 12.3. The molecule has 0 radical (unpaired) electrons. The Bertz CT molecular complexity index is 784. The van der Waals surface area contributed by atoms with Crippen molar-refractivity contribution >= 4 is 40.1 Å². The number of nitro groups is 1. The van der Waals surface area contributed by atoms with Crippen molar-refractivity contribution in [2.75, 3.05) is 0 Å². The fraction of sp³-hybridized carbons (Fsp3) is 0.0667. The van der Waals surface area contributed by atoms with E-state index in [-0.39, 0.29) is 12.2 Å². The minimum absolute atomic E-state index is 0.0940. The molecule has 6 nitrogen and oxygen atoms in total. The van der Waals surface area contributed by atoms with Crippen LogP contribution in [0, 0.1) is 13.7 Å². The molecule has 0 aliphatic carbocycles. The summed E-state index contributed by atoms with van der Waals surface area (Å²) in [6, 6.07) is 11.2. The van der Waals surface area contributed by atoms with Crippen molar-refractivity contribution in [1.29, 1.82) is 0 Å². The molecule has 3 rings (SSSR count). The molecule has 2 amide bonds. The van der Waals surface area contributed by atoms with Crippen LogP contribution in [0.1, 0.15) is 26.3 Å². The van der Waals surface area contributed by atoms with Gasteiger partial charge in [0.1, 0.15) is 0 Å². The van der Waals surface area contributed by atoms with Crippen LogP contribution in [0.4, 0.5) is 5.69 Å². The standard InChI is InChI=1S/C15H9IN2O4/c16-10-6-5-9(13(7-10)18(21)22)8-17-14(19)11-3-1-2-4-12(11)15(17)20/h1-7H,8H2. The zero-order valence-corrected chi connectivity index (χ0v) is 13.3. The van der Waals surface area contributed by atoms with E-state index in [9.17, 15) is 19.7 Å². The molecule has 0 bridgehead atoms. The number of hydrogen-bond acceptors (Lipinski definition) is 4. The lowest BCUT2D eigenvalue weighted by Gasteiger charge is -2.14. The summed E-state index contributed by atoms with van der Waals surface area (Å²) in [5.74, 6) is -0.845. The molecule has 0 saturated heterocycles. The Morgan fingerprint density at radius 3 is 2.18 bits per heavy atom. The Hall–Kier alpha value is -2.29. The largest absolute Gasteiger partial charge is 0.275 e. The van der Waals surface area contributed by atoms with Crippen molar-refractivity contribution < 1.29 is 14.5 Å². The number of hydrogen-bond donors (Lipinski definition) is 0. The lowest BCUT2D eigenvalue weighted by atomic mass is 10.1. The van der Waals surface area contributed by atoms with E-state index in [0.717, 1.165) is 8.47 Å². The fourth-order valence-electron chi connectivity index (χ4n) is 2.39. The first kappa shape index (κ1) is 14.6. The van der Waals surface area contributed by atoms with Crippen LogP contribution in [0.3, 0.4) is 0 Å². The quantitative estimate of drug-likeness (QED) is 0.339. The summed E-state index contributed by atoms with van der Waals surface area (Å²) in [6.45, 7) is -0.112. The van der Waals surface area contributed by atoms with Crippen LogP contribution in [0.25, 0.3) is 0 Å². The average molecular weight is 408 g/mol. The second kappa shape index (κ2) is 5.48. The number of amides is 2. The van der Waals surface area contributed by atoms with E-state index < -0.39 is 16.7 Å². The molecule has 2 aromatic rings. The molecule has 7 heteroatoms. The molecule has 0 fully saturated rings. The Kier molecular flexibility index (Phi) is 3.65. The monoisotopic (exact) mass is 408 g/mol. The van der Waals surface area contributed by atoms with Crippen LogP contribution in [-0.2, 0) is 6.54 Å². The van der Waals surface area contributed by atoms with E-state index in [1.54, 1.807) is 36.4 Å². The van der Waals surface area contributed by atoms with Crippen LogP contribution in [0.2, 0.25) is 0 Å². The third kappa shape index (κ3) is 2.37. The van der Waals surface area contributed by atoms with Gasteiger partial charge >= 0.3 is 0 Å². The number of benzene rings is 2. The number of fused-ring (bicyclic) bond motifs is 1. The highest BCUT2D eigenvalue weighted by Crippen LogP contribution is 2.28. The SMILES string of the molecule is O=C1c2ccccc2C(=O)N1Cc1ccc(I)cc1[N+](=O)[O-]. The van der Waals surface area contributed by atoms with Crippen molar-refractivity contribution in [1.82, 2.24) is 4.90 Å². The van der Waals surface area contributed by atoms with Crippen LogP contribution < -0.4 is 0 Å². The summed E-state index contributed by atoms with van der Waals surface area (Å²) in [5, 5.41) is 11.1. The summed E-state index contributed by atoms with van der Waals surface area (Å²) < 4.78 is 0.718. The number of carbonyl (C=O) groups excluding carboxylic acids is 2. The van der Waals surface area contributed by atoms with Gasteiger partial charge in [0.05, 0.1) is 22.6 Å². The molecular formula is C15H9IN2O4. The lowest BCUT2D eigenvalue weighted by molar-refractivity contribution is -0.385. The summed E-state index contributed by atoms with van der Waals surface area (Å²) >= 11 is 1.98. The molecule has 0 saturated carbocycles. The number of imide groups is 1. The summed E-state index contributed by atoms with van der Waals surface area (Å²) in [7, 11) is 0. The summed E-state index contributed by atoms with van der Waals surface area (Å²) in [5.41, 5.74) is 0.907. The van der Waals surface area contributed by atoms with E-state index in [0.29, 0.717) is 16.7 Å². The average Bonchev–Trinajstić information content (AvgIpc) is 2.74. The molecule has 2 aromatic carbocycles. The third-order valence-electron chi connectivity index (χ3n) is 3.45. The topological polar surface area (TPSA) is 80.5 Å². The highest BCUT2D eigenvalue weighted by Gasteiger charge is 2.36. The van der Waals surface area contributed by atoms with Gasteiger partial charge in [-0.05, 0) is 46.9 Å². The number of carbonyl (C=O) groups is 2. The van der Waals surface area contributed by atoms with Crippen LogP contribution >= 0.6 is 22.6 Å². The molecular weight excluding hydrogens is 399 g/mol. The van der Waals surface area contributed by atoms with Gasteiger partial charge < -0.3 is 0 Å². The maximum absolute atomic E-state index is 12.3. The minimum atomic E-state index is -0.504. The van der Waals surface area contributed by atoms with Gasteiger partial charge in [-0.1, -0.05) is 12.1 Å². The number of nitro benzene ring substituents is 1. The van der Waals surface area contributed by atoms with E-state index in [2.05, 4.69) is 0 Å². The zero-order valence-electron chi connectivity index (χ0n) is 11.2. The summed E-state index contributed by atoms with van der Waals surface area (Å²) in [6.07, 6.45) is 0. The van der Waals surface area contributed by atoms with Crippen molar-refractivity contribution in [3.63, 3.8) is 0 Å². The minimum Gasteiger partial charge on any atom is -0.270 e. The predicted molar refractivity (Wildman–Crippen MR) is 86.5 cm³/mol. The van der Waals surface area contributed by atoms with E-state index in [1.165, 1.54) is 6.07 Å². The van der Waals surface area contributed by atoms with Gasteiger partial charge in [0.25, 0.3) is 17.5 Å². The van der Waals surface area contributed by atoms with Gasteiger partial charge in [-0.3, -0.25) is 24.6 Å². The second-order valence-corrected chi connectivity index (χ2v) is 6.02. The molecule has 110 valence electrons. The smallest absolute Gasteiger partial charge is 0.270 e. The molecule has 0 N–H and O–H groups in total. The van der Waals surface area contributed by atoms with Crippen molar-refractivity contribution in [3.8, 4) is 0 Å². The van der Waals surface area contributed by atoms with Gasteiger partial charge in [0.2, 0.25) is 0 Å². The van der Waals surface area contributed by atoms with Crippen LogP contribution in [0.15, 0.2) is 42.5 Å². The second-order valence-electron chi connectivity index (χ2n) is 4.77. The first-order chi connectivity index (χ1) is 10.5. The van der Waals surface area contributed by atoms with Gasteiger partial charge in [0, 0.05) is 15.2 Å². The Morgan fingerprint density at radius 2 is 1.64 bits per heavy atom. The van der Waals surface area contributed by atoms with Crippen molar-refractivity contribution in [2.24, 2.45) is 0 Å². The van der Waals surface area contributed by atoms with Crippen LogP contribution in [-0.4, -0.2) is 21.6 Å². The van der Waals surface area contributed by atoms with E-state index in [4.69, 9.17) is 0 Å². The Morgan fingerprint density at radius 1 is 1.05 bits per heavy atom. The van der Waals surface area contributed by atoms with Gasteiger partial charge in [-0.2, -0.15) is 0 Å². The molecule has 0 atom stereocenters. The zero-order chi connectivity index (χ0) is 15.9. The third-order valence-corrected chi connectivity index (χ3v) is 4.12. The van der Waals surface area contributed by atoms with Gasteiger partial charge in [-0.15, -0.1) is 0 Å². The first-order valence-corrected chi connectivity index (χ1v) is 7.45. The number of halogens is 1. The Balaban J connectivity index is 1.98. The molecule has 0 aromatic heterocycles. The highest BCUT2D eigenvalue weighted by atomic mass is 127. The molecule has 1 heterocycles. The molecule has 1 aliphatic heterocycles. The normalized spacial score (nSPS) is 13.4. The maximum Gasteiger partial charge on any atom is 0.275 e. The van der Waals surface area contributed by atoms with Gasteiger partial charge in [-0.25, -0.2) is 0 Å². The lowest BCUT2D eigenvalue weighted by Crippen LogP contribution is -2.29.